The highest BCUT2D eigenvalue weighted by Crippen LogP contribution is 2.31. The Hall–Kier alpha value is -1.48. The minimum Gasteiger partial charge on any atom is -0.339 e. The minimum absolute atomic E-state index is 0.102. The summed E-state index contributed by atoms with van der Waals surface area (Å²) in [6.45, 7) is 4.66. The lowest BCUT2D eigenvalue weighted by atomic mass is 10.2. The summed E-state index contributed by atoms with van der Waals surface area (Å²) in [5.74, 6) is 1.14. The number of hydrogen-bond acceptors (Lipinski definition) is 6. The molecule has 0 saturated carbocycles. The number of sulfonamides is 1. The number of likely N-dealkylation sites (tertiary alicyclic amines) is 1. The van der Waals surface area contributed by atoms with Gasteiger partial charge in [0.05, 0.1) is 12.3 Å². The van der Waals surface area contributed by atoms with Gasteiger partial charge in [0.1, 0.15) is 0 Å². The third-order valence-electron chi connectivity index (χ3n) is 3.53. The molecule has 22 heavy (non-hydrogen) atoms. The average Bonchev–Trinajstić information content (AvgIpc) is 3.05. The second-order valence-electron chi connectivity index (χ2n) is 5.81. The molecule has 1 N–H and O–H groups in total. The quantitative estimate of drug-likeness (QED) is 0.827. The van der Waals surface area contributed by atoms with Gasteiger partial charge in [-0.15, -0.1) is 0 Å². The molecular weight excluding hydrogens is 308 g/mol. The zero-order valence-corrected chi connectivity index (χ0v) is 13.9. The highest BCUT2D eigenvalue weighted by Gasteiger charge is 2.33. The van der Waals surface area contributed by atoms with Gasteiger partial charge in [-0.2, -0.15) is 4.98 Å². The van der Waals surface area contributed by atoms with Gasteiger partial charge in [-0.3, -0.25) is 4.79 Å². The molecule has 1 atom stereocenters. The predicted octanol–water partition coefficient (Wildman–Crippen LogP) is 0.796. The van der Waals surface area contributed by atoms with E-state index in [2.05, 4.69) is 14.9 Å². The van der Waals surface area contributed by atoms with Crippen molar-refractivity contribution in [3.63, 3.8) is 0 Å². The Morgan fingerprint density at radius 2 is 2.23 bits per heavy atom. The molecule has 2 heterocycles. The molecule has 0 radical (unpaired) electrons. The Morgan fingerprint density at radius 1 is 1.50 bits per heavy atom. The average molecular weight is 330 g/mol. The van der Waals surface area contributed by atoms with Gasteiger partial charge in [0.2, 0.25) is 21.8 Å². The molecule has 1 amide bonds. The Balaban J connectivity index is 1.98. The molecule has 0 aliphatic carbocycles. The fourth-order valence-electron chi connectivity index (χ4n) is 2.44. The monoisotopic (exact) mass is 330 g/mol. The number of amides is 1. The van der Waals surface area contributed by atoms with Crippen LogP contribution in [-0.4, -0.2) is 48.7 Å². The number of aromatic nitrogens is 2. The Bertz CT molecular complexity index is 626. The van der Waals surface area contributed by atoms with Crippen molar-refractivity contribution in [2.75, 3.05) is 19.3 Å². The van der Waals surface area contributed by atoms with Crippen LogP contribution in [0.25, 0.3) is 0 Å². The van der Waals surface area contributed by atoms with Gasteiger partial charge < -0.3 is 9.42 Å². The minimum atomic E-state index is -3.28. The van der Waals surface area contributed by atoms with Crippen LogP contribution in [-0.2, 0) is 14.8 Å². The van der Waals surface area contributed by atoms with Crippen LogP contribution in [0.3, 0.4) is 0 Å². The molecule has 124 valence electrons. The fraction of sp³-hybridized carbons (Fsp3) is 0.769. The Labute approximate surface area is 130 Å². The summed E-state index contributed by atoms with van der Waals surface area (Å²) in [4.78, 5) is 18.3. The number of nitrogens with one attached hydrogen (secondary N) is 1. The number of carbonyl (C=O) groups excluding carboxylic acids is 1. The summed E-state index contributed by atoms with van der Waals surface area (Å²) in [6.07, 6.45) is 2.87. The van der Waals surface area contributed by atoms with Crippen LogP contribution in [0, 0.1) is 0 Å². The van der Waals surface area contributed by atoms with Crippen LogP contribution in [0.5, 0.6) is 0 Å². The molecule has 1 fully saturated rings. The van der Waals surface area contributed by atoms with Gasteiger partial charge in [0.25, 0.3) is 0 Å². The maximum absolute atomic E-state index is 12.3. The molecule has 1 aliphatic heterocycles. The van der Waals surface area contributed by atoms with Crippen molar-refractivity contribution < 1.29 is 17.7 Å². The van der Waals surface area contributed by atoms with Crippen LogP contribution in [0.4, 0.5) is 0 Å². The van der Waals surface area contributed by atoms with E-state index in [4.69, 9.17) is 4.52 Å². The van der Waals surface area contributed by atoms with Crippen molar-refractivity contribution in [1.29, 1.82) is 0 Å². The Morgan fingerprint density at radius 3 is 2.82 bits per heavy atom. The standard InChI is InChI=1S/C13H22N4O4S/c1-9(2)13-15-12(16-21-13)10-5-4-8-17(10)11(18)6-7-14-22(3,19)20/h9-10,14H,4-8H2,1-3H3. The van der Waals surface area contributed by atoms with Crippen LogP contribution >= 0.6 is 0 Å². The van der Waals surface area contributed by atoms with Gasteiger partial charge in [0, 0.05) is 25.4 Å². The lowest BCUT2D eigenvalue weighted by molar-refractivity contribution is -0.132. The first kappa shape index (κ1) is 16.9. The summed E-state index contributed by atoms with van der Waals surface area (Å²) in [7, 11) is -3.28. The maximum Gasteiger partial charge on any atom is 0.229 e. The van der Waals surface area contributed by atoms with Crippen molar-refractivity contribution in [1.82, 2.24) is 19.8 Å². The van der Waals surface area contributed by atoms with Crippen LogP contribution in [0.2, 0.25) is 0 Å². The van der Waals surface area contributed by atoms with Crippen molar-refractivity contribution in [2.45, 2.75) is 45.1 Å². The van der Waals surface area contributed by atoms with E-state index in [1.807, 2.05) is 13.8 Å². The van der Waals surface area contributed by atoms with E-state index in [1.54, 1.807) is 4.90 Å². The number of nitrogens with zero attached hydrogens (tertiary/aromatic N) is 3. The third-order valence-corrected chi connectivity index (χ3v) is 4.25. The van der Waals surface area contributed by atoms with Crippen molar-refractivity contribution in [3.05, 3.63) is 11.7 Å². The molecule has 2 rings (SSSR count). The SMILES string of the molecule is CC(C)c1nc(C2CCCN2C(=O)CCNS(C)(=O)=O)no1. The van der Waals surface area contributed by atoms with E-state index in [-0.39, 0.29) is 30.8 Å². The lowest BCUT2D eigenvalue weighted by Crippen LogP contribution is -2.34. The van der Waals surface area contributed by atoms with Gasteiger partial charge in [0.15, 0.2) is 5.82 Å². The second kappa shape index (κ2) is 6.74. The van der Waals surface area contributed by atoms with Gasteiger partial charge in [-0.25, -0.2) is 13.1 Å². The van der Waals surface area contributed by atoms with Crippen LogP contribution in [0.15, 0.2) is 4.52 Å². The van der Waals surface area contributed by atoms with Gasteiger partial charge >= 0.3 is 0 Å². The zero-order valence-electron chi connectivity index (χ0n) is 13.1. The molecule has 1 aromatic heterocycles. The molecule has 0 bridgehead atoms. The molecule has 0 aromatic carbocycles. The molecule has 1 aliphatic rings. The first-order valence-corrected chi connectivity index (χ1v) is 9.24. The second-order valence-corrected chi connectivity index (χ2v) is 7.64. The number of carbonyl (C=O) groups is 1. The van der Waals surface area contributed by atoms with Crippen molar-refractivity contribution in [3.8, 4) is 0 Å². The van der Waals surface area contributed by atoms with E-state index in [1.165, 1.54) is 0 Å². The van der Waals surface area contributed by atoms with E-state index < -0.39 is 10.0 Å². The smallest absolute Gasteiger partial charge is 0.229 e. The van der Waals surface area contributed by atoms with Crippen LogP contribution in [0.1, 0.15) is 56.8 Å². The molecule has 9 heteroatoms. The van der Waals surface area contributed by atoms with E-state index in [9.17, 15) is 13.2 Å². The van der Waals surface area contributed by atoms with E-state index >= 15 is 0 Å². The summed E-state index contributed by atoms with van der Waals surface area (Å²) >= 11 is 0. The molecule has 0 spiro atoms. The number of hydrogen-bond donors (Lipinski definition) is 1. The summed E-state index contributed by atoms with van der Waals surface area (Å²) in [6, 6.07) is -0.179. The third kappa shape index (κ3) is 4.26. The van der Waals surface area contributed by atoms with Gasteiger partial charge in [-0.1, -0.05) is 19.0 Å². The molecule has 8 nitrogen and oxygen atoms in total. The normalized spacial score (nSPS) is 19.1. The van der Waals surface area contributed by atoms with E-state index in [0.717, 1.165) is 19.1 Å². The Kier molecular flexibility index (Phi) is 5.17. The largest absolute Gasteiger partial charge is 0.339 e. The highest BCUT2D eigenvalue weighted by atomic mass is 32.2. The fourth-order valence-corrected chi connectivity index (χ4v) is 2.91. The maximum atomic E-state index is 12.3. The summed E-state index contributed by atoms with van der Waals surface area (Å²) < 4.78 is 29.6. The van der Waals surface area contributed by atoms with Crippen LogP contribution < -0.4 is 4.72 Å². The lowest BCUT2D eigenvalue weighted by Gasteiger charge is -2.22. The number of rotatable bonds is 6. The molecule has 1 unspecified atom stereocenters. The zero-order chi connectivity index (χ0) is 16.3. The topological polar surface area (TPSA) is 105 Å². The van der Waals surface area contributed by atoms with E-state index in [0.29, 0.717) is 18.3 Å². The first-order chi connectivity index (χ1) is 10.3. The molecular formula is C13H22N4O4S. The molecule has 1 aromatic rings. The van der Waals surface area contributed by atoms with Crippen molar-refractivity contribution in [2.24, 2.45) is 0 Å². The molecule has 1 saturated heterocycles. The summed E-state index contributed by atoms with van der Waals surface area (Å²) in [5.41, 5.74) is 0. The summed E-state index contributed by atoms with van der Waals surface area (Å²) in [5, 5.41) is 3.98. The highest BCUT2D eigenvalue weighted by molar-refractivity contribution is 7.88. The first-order valence-electron chi connectivity index (χ1n) is 7.35. The van der Waals surface area contributed by atoms with Gasteiger partial charge in [-0.05, 0) is 12.8 Å². The van der Waals surface area contributed by atoms with Crippen molar-refractivity contribution >= 4 is 15.9 Å². The predicted molar refractivity (Wildman–Crippen MR) is 79.5 cm³/mol.